The van der Waals surface area contributed by atoms with Crippen LogP contribution in [0.4, 0.5) is 10.1 Å². The first-order valence-corrected chi connectivity index (χ1v) is 14.8. The Balaban J connectivity index is 1.70. The number of benzene rings is 2. The highest BCUT2D eigenvalue weighted by Gasteiger charge is 2.28. The topological polar surface area (TPSA) is 86.8 Å². The molecule has 0 heterocycles. The van der Waals surface area contributed by atoms with Crippen LogP contribution in [0.25, 0.3) is 0 Å². The number of nitrogens with zero attached hydrogens (tertiary/aromatic N) is 2. The molecule has 10 heteroatoms. The minimum absolute atomic E-state index is 0.0435. The van der Waals surface area contributed by atoms with Crippen LogP contribution in [0, 0.1) is 5.82 Å². The fourth-order valence-electron chi connectivity index (χ4n) is 4.55. The molecule has 7 nitrogen and oxygen atoms in total. The monoisotopic (exact) mass is 551 g/mol. The highest BCUT2D eigenvalue weighted by Crippen LogP contribution is 2.22. The normalized spacial score (nSPS) is 15.1. The molecular weight excluding hydrogens is 517 g/mol. The molecule has 3 rings (SSSR count). The summed E-state index contributed by atoms with van der Waals surface area (Å²) in [7, 11) is -3.58. The third-order valence-corrected chi connectivity index (χ3v) is 8.10. The van der Waals surface area contributed by atoms with Gasteiger partial charge in [-0.25, -0.2) is 12.8 Å². The van der Waals surface area contributed by atoms with Gasteiger partial charge in [0.25, 0.3) is 0 Å². The molecule has 1 N–H and O–H groups in total. The molecule has 0 spiro atoms. The van der Waals surface area contributed by atoms with E-state index >= 15 is 0 Å². The van der Waals surface area contributed by atoms with E-state index in [0.717, 1.165) is 38.4 Å². The molecule has 0 bridgehead atoms. The molecule has 1 fully saturated rings. The molecule has 0 unspecified atom stereocenters. The van der Waals surface area contributed by atoms with Crippen molar-refractivity contribution in [1.29, 1.82) is 0 Å². The second-order valence-corrected chi connectivity index (χ2v) is 11.9. The van der Waals surface area contributed by atoms with Crippen LogP contribution in [0.3, 0.4) is 0 Å². The summed E-state index contributed by atoms with van der Waals surface area (Å²) in [5, 5.41) is 3.57. The first-order valence-electron chi connectivity index (χ1n) is 12.6. The van der Waals surface area contributed by atoms with Crippen molar-refractivity contribution in [3.63, 3.8) is 0 Å². The summed E-state index contributed by atoms with van der Waals surface area (Å²) in [5.74, 6) is -0.880. The first-order chi connectivity index (χ1) is 17.5. The summed E-state index contributed by atoms with van der Waals surface area (Å²) in [6, 6.07) is 11.6. The van der Waals surface area contributed by atoms with Crippen molar-refractivity contribution in [1.82, 2.24) is 10.2 Å². The van der Waals surface area contributed by atoms with Crippen molar-refractivity contribution in [2.75, 3.05) is 17.1 Å². The van der Waals surface area contributed by atoms with E-state index in [1.807, 2.05) is 0 Å². The van der Waals surface area contributed by atoms with Crippen molar-refractivity contribution >= 4 is 39.1 Å². The van der Waals surface area contributed by atoms with Crippen LogP contribution in [0.2, 0.25) is 5.02 Å². The zero-order valence-corrected chi connectivity index (χ0v) is 22.9. The van der Waals surface area contributed by atoms with Crippen LogP contribution in [0.5, 0.6) is 0 Å². The van der Waals surface area contributed by atoms with Gasteiger partial charge in [0.05, 0.1) is 11.9 Å². The third-order valence-electron chi connectivity index (χ3n) is 6.65. The minimum atomic E-state index is -3.58. The molecule has 37 heavy (non-hydrogen) atoms. The van der Waals surface area contributed by atoms with Gasteiger partial charge in [0, 0.05) is 30.6 Å². The van der Waals surface area contributed by atoms with Crippen molar-refractivity contribution < 1.29 is 22.4 Å². The van der Waals surface area contributed by atoms with Gasteiger partial charge in [-0.1, -0.05) is 43.0 Å². The van der Waals surface area contributed by atoms with E-state index in [2.05, 4.69) is 5.32 Å². The molecule has 202 valence electrons. The van der Waals surface area contributed by atoms with Gasteiger partial charge >= 0.3 is 0 Å². The number of sulfonamides is 1. The summed E-state index contributed by atoms with van der Waals surface area (Å²) < 4.78 is 39.5. The maximum atomic E-state index is 13.4. The third kappa shape index (κ3) is 8.71. The van der Waals surface area contributed by atoms with Crippen molar-refractivity contribution in [3.05, 3.63) is 64.9 Å². The number of hydrogen-bond acceptors (Lipinski definition) is 4. The second kappa shape index (κ2) is 13.2. The molecule has 2 aromatic carbocycles. The number of carbonyl (C=O) groups excluding carboxylic acids is 2. The predicted molar refractivity (Wildman–Crippen MR) is 144 cm³/mol. The molecule has 2 aromatic rings. The van der Waals surface area contributed by atoms with E-state index in [-0.39, 0.29) is 49.6 Å². The zero-order valence-electron chi connectivity index (χ0n) is 21.3. The van der Waals surface area contributed by atoms with Gasteiger partial charge in [-0.2, -0.15) is 0 Å². The van der Waals surface area contributed by atoms with Gasteiger partial charge < -0.3 is 10.2 Å². The highest BCUT2D eigenvalue weighted by molar-refractivity contribution is 7.92. The van der Waals surface area contributed by atoms with E-state index in [0.29, 0.717) is 16.3 Å². The van der Waals surface area contributed by atoms with Crippen LogP contribution in [-0.2, 0) is 26.2 Å². The molecule has 0 aliphatic heterocycles. The average molecular weight is 552 g/mol. The number of halogens is 2. The van der Waals surface area contributed by atoms with Crippen LogP contribution in [0.1, 0.15) is 57.4 Å². The van der Waals surface area contributed by atoms with Crippen LogP contribution in [0.15, 0.2) is 48.5 Å². The minimum Gasteiger partial charge on any atom is -0.352 e. The lowest BCUT2D eigenvalue weighted by molar-refractivity contribution is -0.141. The van der Waals surface area contributed by atoms with Gasteiger partial charge in [0.15, 0.2) is 0 Å². The lowest BCUT2D eigenvalue weighted by Crippen LogP contribution is -2.50. The summed E-state index contributed by atoms with van der Waals surface area (Å²) in [6.45, 7) is 1.93. The first kappa shape index (κ1) is 28.9. The molecule has 1 saturated carbocycles. The maximum Gasteiger partial charge on any atom is 0.242 e. The average Bonchev–Trinajstić information content (AvgIpc) is 2.86. The second-order valence-electron chi connectivity index (χ2n) is 9.58. The molecule has 0 radical (unpaired) electrons. The molecule has 1 aliphatic rings. The van der Waals surface area contributed by atoms with Gasteiger partial charge in [-0.3, -0.25) is 13.9 Å². The Hall–Kier alpha value is -2.65. The van der Waals surface area contributed by atoms with Gasteiger partial charge in [-0.15, -0.1) is 0 Å². The van der Waals surface area contributed by atoms with Gasteiger partial charge in [0.2, 0.25) is 21.8 Å². The van der Waals surface area contributed by atoms with E-state index in [4.69, 9.17) is 11.6 Å². The van der Waals surface area contributed by atoms with Gasteiger partial charge in [0.1, 0.15) is 11.9 Å². The Morgan fingerprint density at radius 2 is 1.68 bits per heavy atom. The quantitative estimate of drug-likeness (QED) is 0.431. The summed E-state index contributed by atoms with van der Waals surface area (Å²) in [4.78, 5) is 27.9. The number of nitrogens with one attached hydrogen (secondary N) is 1. The fourth-order valence-corrected chi connectivity index (χ4v) is 5.64. The van der Waals surface area contributed by atoms with E-state index in [1.54, 1.807) is 43.3 Å². The lowest BCUT2D eigenvalue weighted by Gasteiger charge is -2.31. The van der Waals surface area contributed by atoms with E-state index < -0.39 is 16.1 Å². The number of hydrogen-bond donors (Lipinski definition) is 1. The molecule has 2 amide bonds. The van der Waals surface area contributed by atoms with Crippen molar-refractivity contribution in [3.8, 4) is 0 Å². The summed E-state index contributed by atoms with van der Waals surface area (Å²) in [6.07, 6.45) is 6.57. The van der Waals surface area contributed by atoms with E-state index in [9.17, 15) is 22.4 Å². The summed E-state index contributed by atoms with van der Waals surface area (Å²) >= 11 is 5.93. The molecule has 0 aromatic heterocycles. The predicted octanol–water partition coefficient (Wildman–Crippen LogP) is 4.89. The number of amides is 2. The van der Waals surface area contributed by atoms with Gasteiger partial charge in [-0.05, 0) is 68.1 Å². The Bertz CT molecular complexity index is 1150. The zero-order chi connectivity index (χ0) is 27.0. The Morgan fingerprint density at radius 1 is 1.05 bits per heavy atom. The molecule has 1 atom stereocenters. The van der Waals surface area contributed by atoms with Crippen LogP contribution >= 0.6 is 11.6 Å². The Morgan fingerprint density at radius 3 is 2.27 bits per heavy atom. The van der Waals surface area contributed by atoms with Crippen LogP contribution < -0.4 is 9.62 Å². The van der Waals surface area contributed by atoms with Crippen molar-refractivity contribution in [2.24, 2.45) is 0 Å². The maximum absolute atomic E-state index is 13.4. The lowest BCUT2D eigenvalue weighted by atomic mass is 9.95. The standard InChI is InChI=1S/C27H35ClFN3O4S/c1-20(27(34)30-24-7-4-3-5-8-24)31(19-21-10-14-23(29)15-11-21)26(33)9-6-18-32(37(2,35)36)25-16-12-22(28)13-17-25/h10-17,20,24H,3-9,18-19H2,1-2H3,(H,30,34)/t20-/m0/s1. The fraction of sp³-hybridized carbons (Fsp3) is 0.481. The number of anilines is 1. The smallest absolute Gasteiger partial charge is 0.242 e. The van der Waals surface area contributed by atoms with Crippen molar-refractivity contribution in [2.45, 2.75) is 70.5 Å². The molecule has 1 aliphatic carbocycles. The molecular formula is C27H35ClFN3O4S. The van der Waals surface area contributed by atoms with Crippen LogP contribution in [-0.4, -0.2) is 50.0 Å². The largest absolute Gasteiger partial charge is 0.352 e. The Labute approximate surface area is 224 Å². The summed E-state index contributed by atoms with van der Waals surface area (Å²) in [5.41, 5.74) is 1.16. The number of carbonyl (C=O) groups is 2. The Kier molecular flexibility index (Phi) is 10.3. The highest BCUT2D eigenvalue weighted by atomic mass is 35.5. The molecule has 0 saturated heterocycles. The van der Waals surface area contributed by atoms with E-state index in [1.165, 1.54) is 21.3 Å². The number of rotatable bonds is 11. The SMILES string of the molecule is C[C@@H](C(=O)NC1CCCCC1)N(Cc1ccc(F)cc1)C(=O)CCCN(c1ccc(Cl)cc1)S(C)(=O)=O.